The zero-order chi connectivity index (χ0) is 15.6. The highest BCUT2D eigenvalue weighted by Gasteiger charge is 2.19. The van der Waals surface area contributed by atoms with Gasteiger partial charge in [0.25, 0.3) is 0 Å². The Balaban J connectivity index is 1.55. The number of nitrogens with zero attached hydrogens (tertiary/aromatic N) is 3. The maximum Gasteiger partial charge on any atom is 0.128 e. The first-order chi connectivity index (χ1) is 11.3. The molecular weight excluding hydrogens is 284 g/mol. The van der Waals surface area contributed by atoms with Gasteiger partial charge in [-0.2, -0.15) is 0 Å². The first-order valence-corrected chi connectivity index (χ1v) is 8.44. The molecule has 0 bridgehead atoms. The van der Waals surface area contributed by atoms with Crippen LogP contribution in [0.1, 0.15) is 36.0 Å². The van der Waals surface area contributed by atoms with Crippen molar-refractivity contribution in [1.29, 1.82) is 0 Å². The van der Waals surface area contributed by atoms with Crippen molar-refractivity contribution in [2.45, 2.75) is 39.3 Å². The molecule has 0 saturated heterocycles. The zero-order valence-electron chi connectivity index (χ0n) is 13.5. The highest BCUT2D eigenvalue weighted by molar-refractivity contribution is 5.82. The van der Waals surface area contributed by atoms with E-state index in [4.69, 9.17) is 4.98 Å². The lowest BCUT2D eigenvalue weighted by Crippen LogP contribution is -2.31. The molecule has 3 heterocycles. The summed E-state index contributed by atoms with van der Waals surface area (Å²) in [6.45, 7) is 5.13. The van der Waals surface area contributed by atoms with E-state index < -0.39 is 0 Å². The third-order valence-electron chi connectivity index (χ3n) is 4.62. The number of benzene rings is 1. The first-order valence-electron chi connectivity index (χ1n) is 8.44. The van der Waals surface area contributed by atoms with Gasteiger partial charge in [0.2, 0.25) is 0 Å². The molecule has 0 amide bonds. The van der Waals surface area contributed by atoms with Crippen molar-refractivity contribution in [3.05, 3.63) is 59.3 Å². The van der Waals surface area contributed by atoms with Crippen molar-refractivity contribution in [3.63, 3.8) is 0 Å². The highest BCUT2D eigenvalue weighted by Crippen LogP contribution is 2.22. The van der Waals surface area contributed by atoms with Crippen molar-refractivity contribution >= 4 is 10.9 Å². The Kier molecular flexibility index (Phi) is 3.83. The predicted octanol–water partition coefficient (Wildman–Crippen LogP) is 3.47. The van der Waals surface area contributed by atoms with Crippen LogP contribution in [0.3, 0.4) is 0 Å². The van der Waals surface area contributed by atoms with E-state index in [0.29, 0.717) is 0 Å². The van der Waals surface area contributed by atoms with Crippen molar-refractivity contribution < 1.29 is 0 Å². The van der Waals surface area contributed by atoms with Crippen LogP contribution in [0.5, 0.6) is 0 Å². The van der Waals surface area contributed by atoms with Gasteiger partial charge in [0.15, 0.2) is 0 Å². The van der Waals surface area contributed by atoms with Gasteiger partial charge in [-0.05, 0) is 35.4 Å². The van der Waals surface area contributed by atoms with Crippen LogP contribution >= 0.6 is 0 Å². The summed E-state index contributed by atoms with van der Waals surface area (Å²) in [5, 5.41) is 1.28. The fourth-order valence-corrected chi connectivity index (χ4v) is 3.40. The van der Waals surface area contributed by atoms with E-state index >= 15 is 0 Å². The molecule has 0 fully saturated rings. The van der Waals surface area contributed by atoms with Gasteiger partial charge in [-0.25, -0.2) is 9.97 Å². The van der Waals surface area contributed by atoms with Gasteiger partial charge >= 0.3 is 0 Å². The zero-order valence-corrected chi connectivity index (χ0v) is 13.5. The maximum absolute atomic E-state index is 4.79. The van der Waals surface area contributed by atoms with E-state index in [1.54, 1.807) is 0 Å². The molecule has 0 saturated carbocycles. The largest absolute Gasteiger partial charge is 0.361 e. The SMILES string of the molecule is CCCc1ncc2c(n1)CN(Cc1cccc3cc[nH]c13)CC2. The molecule has 4 nitrogen and oxygen atoms in total. The molecule has 0 unspecified atom stereocenters. The number of nitrogens with one attached hydrogen (secondary N) is 1. The van der Waals surface area contributed by atoms with Gasteiger partial charge in [-0.1, -0.05) is 25.1 Å². The average Bonchev–Trinajstić information content (AvgIpc) is 3.05. The van der Waals surface area contributed by atoms with Crippen LogP contribution in [-0.4, -0.2) is 26.4 Å². The second kappa shape index (κ2) is 6.13. The van der Waals surface area contributed by atoms with Crippen LogP contribution in [0.4, 0.5) is 0 Å². The molecule has 0 aliphatic carbocycles. The molecule has 4 rings (SSSR count). The van der Waals surface area contributed by atoms with E-state index in [1.807, 2.05) is 12.4 Å². The molecule has 1 aromatic carbocycles. The molecule has 4 heteroatoms. The monoisotopic (exact) mass is 306 g/mol. The quantitative estimate of drug-likeness (QED) is 0.803. The van der Waals surface area contributed by atoms with Crippen LogP contribution in [0.15, 0.2) is 36.7 Å². The second-order valence-electron chi connectivity index (χ2n) is 6.33. The number of H-pyrrole nitrogens is 1. The van der Waals surface area contributed by atoms with E-state index in [0.717, 1.165) is 44.7 Å². The number of hydrogen-bond acceptors (Lipinski definition) is 3. The van der Waals surface area contributed by atoms with Crippen LogP contribution < -0.4 is 0 Å². The Bertz CT molecular complexity index is 821. The standard InChI is InChI=1S/C19H22N4/c1-2-4-18-21-11-15-8-10-23(13-17(15)22-18)12-16-6-3-5-14-7-9-20-19(14)16/h3,5-7,9,11,20H,2,4,8,10,12-13H2,1H3. The lowest BCUT2D eigenvalue weighted by atomic mass is 10.0. The molecule has 1 aliphatic heterocycles. The number of rotatable bonds is 4. The molecule has 118 valence electrons. The van der Waals surface area contributed by atoms with Crippen molar-refractivity contribution in [3.8, 4) is 0 Å². The number of aryl methyl sites for hydroxylation is 1. The molecular formula is C19H22N4. The molecule has 23 heavy (non-hydrogen) atoms. The lowest BCUT2D eigenvalue weighted by Gasteiger charge is -2.28. The van der Waals surface area contributed by atoms with Gasteiger partial charge in [-0.3, -0.25) is 4.90 Å². The van der Waals surface area contributed by atoms with Crippen LogP contribution in [0.25, 0.3) is 10.9 Å². The summed E-state index contributed by atoms with van der Waals surface area (Å²) in [5.41, 5.74) is 5.15. The number of fused-ring (bicyclic) bond motifs is 2. The van der Waals surface area contributed by atoms with Crippen molar-refractivity contribution in [1.82, 2.24) is 19.9 Å². The van der Waals surface area contributed by atoms with Gasteiger partial charge < -0.3 is 4.98 Å². The summed E-state index contributed by atoms with van der Waals surface area (Å²) in [4.78, 5) is 15.1. The molecule has 0 radical (unpaired) electrons. The molecule has 0 atom stereocenters. The summed E-state index contributed by atoms with van der Waals surface area (Å²) in [6, 6.07) is 8.65. The predicted molar refractivity (Wildman–Crippen MR) is 92.1 cm³/mol. The molecule has 3 aromatic rings. The molecule has 1 aliphatic rings. The summed E-state index contributed by atoms with van der Waals surface area (Å²) in [6.07, 6.45) is 7.16. The second-order valence-corrected chi connectivity index (χ2v) is 6.33. The topological polar surface area (TPSA) is 44.8 Å². The minimum absolute atomic E-state index is 0.922. The normalized spacial score (nSPS) is 15.0. The van der Waals surface area contributed by atoms with Crippen LogP contribution in [-0.2, 0) is 25.9 Å². The number of aromatic amines is 1. The smallest absolute Gasteiger partial charge is 0.128 e. The summed E-state index contributed by atoms with van der Waals surface area (Å²) in [7, 11) is 0. The Morgan fingerprint density at radius 1 is 1.26 bits per heavy atom. The fraction of sp³-hybridized carbons (Fsp3) is 0.368. The minimum atomic E-state index is 0.922. The molecule has 2 aromatic heterocycles. The first kappa shape index (κ1) is 14.4. The minimum Gasteiger partial charge on any atom is -0.361 e. The van der Waals surface area contributed by atoms with Crippen molar-refractivity contribution in [2.75, 3.05) is 6.54 Å². The maximum atomic E-state index is 4.79. The fourth-order valence-electron chi connectivity index (χ4n) is 3.40. The molecule has 0 spiro atoms. The van der Waals surface area contributed by atoms with Gasteiger partial charge in [0, 0.05) is 44.0 Å². The van der Waals surface area contributed by atoms with Gasteiger partial charge in [0.1, 0.15) is 5.82 Å². The third kappa shape index (κ3) is 2.86. The summed E-state index contributed by atoms with van der Waals surface area (Å²) in [5.74, 6) is 0.986. The van der Waals surface area contributed by atoms with E-state index in [2.05, 4.69) is 46.1 Å². The van der Waals surface area contributed by atoms with E-state index in [1.165, 1.54) is 27.7 Å². The average molecular weight is 306 g/mol. The Labute approximate surface area is 136 Å². The van der Waals surface area contributed by atoms with Gasteiger partial charge in [0.05, 0.1) is 5.69 Å². The summed E-state index contributed by atoms with van der Waals surface area (Å²) < 4.78 is 0. The number of para-hydroxylation sites is 1. The Hall–Kier alpha value is -2.20. The highest BCUT2D eigenvalue weighted by atomic mass is 15.1. The van der Waals surface area contributed by atoms with E-state index in [9.17, 15) is 0 Å². The Morgan fingerprint density at radius 3 is 3.13 bits per heavy atom. The lowest BCUT2D eigenvalue weighted by molar-refractivity contribution is 0.241. The number of hydrogen-bond donors (Lipinski definition) is 1. The summed E-state index contributed by atoms with van der Waals surface area (Å²) >= 11 is 0. The van der Waals surface area contributed by atoms with E-state index in [-0.39, 0.29) is 0 Å². The van der Waals surface area contributed by atoms with Crippen molar-refractivity contribution in [2.24, 2.45) is 0 Å². The third-order valence-corrected chi connectivity index (χ3v) is 4.62. The molecule has 1 N–H and O–H groups in total. The van der Waals surface area contributed by atoms with Crippen LogP contribution in [0, 0.1) is 0 Å². The van der Waals surface area contributed by atoms with Gasteiger partial charge in [-0.15, -0.1) is 0 Å². The number of aromatic nitrogens is 3. The Morgan fingerprint density at radius 2 is 2.22 bits per heavy atom. The van der Waals surface area contributed by atoms with Crippen LogP contribution in [0.2, 0.25) is 0 Å².